The lowest BCUT2D eigenvalue weighted by Gasteiger charge is -2.34. The van der Waals surface area contributed by atoms with E-state index in [4.69, 9.17) is 5.41 Å². The van der Waals surface area contributed by atoms with E-state index in [0.717, 1.165) is 17.8 Å². The molecule has 1 amide bonds. The lowest BCUT2D eigenvalue weighted by molar-refractivity contribution is -0.116. The highest BCUT2D eigenvalue weighted by Gasteiger charge is 2.34. The van der Waals surface area contributed by atoms with Crippen LogP contribution in [0.1, 0.15) is 41.8 Å². The van der Waals surface area contributed by atoms with E-state index >= 15 is 0 Å². The van der Waals surface area contributed by atoms with Gasteiger partial charge in [0.25, 0.3) is 5.91 Å². The highest BCUT2D eigenvalue weighted by molar-refractivity contribution is 7.11. The molecule has 0 bridgehead atoms. The van der Waals surface area contributed by atoms with E-state index in [1.807, 2.05) is 0 Å². The predicted octanol–water partition coefficient (Wildman–Crippen LogP) is 1.16. The molecule has 1 aliphatic rings. The first-order valence-electron chi connectivity index (χ1n) is 6.04. The molecule has 1 aromatic heterocycles. The van der Waals surface area contributed by atoms with Crippen LogP contribution in [0.25, 0.3) is 0 Å². The zero-order valence-corrected chi connectivity index (χ0v) is 11.4. The summed E-state index contributed by atoms with van der Waals surface area (Å²) in [4.78, 5) is 11.4. The van der Waals surface area contributed by atoms with Crippen LogP contribution in [0.3, 0.4) is 0 Å². The maximum absolute atomic E-state index is 11.4. The Morgan fingerprint density at radius 3 is 2.84 bits per heavy atom. The number of hydrogen-bond donors (Lipinski definition) is 3. The summed E-state index contributed by atoms with van der Waals surface area (Å²) in [7, 11) is 0. The van der Waals surface area contributed by atoms with Gasteiger partial charge in [-0.25, -0.2) is 0 Å². The van der Waals surface area contributed by atoms with E-state index in [0.29, 0.717) is 5.01 Å². The van der Waals surface area contributed by atoms with E-state index in [1.54, 1.807) is 6.92 Å². The van der Waals surface area contributed by atoms with E-state index in [-0.39, 0.29) is 23.6 Å². The Hall–Kier alpha value is -1.60. The zero-order valence-electron chi connectivity index (χ0n) is 10.6. The number of aromatic nitrogens is 2. The fourth-order valence-electron chi connectivity index (χ4n) is 1.87. The fraction of sp³-hybridized carbons (Fsp3) is 0.500. The van der Waals surface area contributed by atoms with Crippen LogP contribution in [0.2, 0.25) is 0 Å². The molecular weight excluding hydrogens is 264 g/mol. The quantitative estimate of drug-likeness (QED) is 0.705. The normalized spacial score (nSPS) is 23.3. The molecule has 0 radical (unpaired) electrons. The summed E-state index contributed by atoms with van der Waals surface area (Å²) in [5.74, 6) is -0.103. The number of aliphatic hydroxyl groups is 1. The Morgan fingerprint density at radius 2 is 2.32 bits per heavy atom. The Labute approximate surface area is 115 Å². The van der Waals surface area contributed by atoms with Crippen LogP contribution >= 0.6 is 11.3 Å². The third-order valence-electron chi connectivity index (χ3n) is 3.08. The minimum atomic E-state index is -0.588. The zero-order chi connectivity index (χ0) is 14.0. The first kappa shape index (κ1) is 13.8. The van der Waals surface area contributed by atoms with Crippen molar-refractivity contribution in [1.29, 1.82) is 5.41 Å². The summed E-state index contributed by atoms with van der Waals surface area (Å²) in [5, 5.41) is 29.0. The molecule has 2 rings (SSSR count). The second kappa shape index (κ2) is 5.58. The molecule has 19 heavy (non-hydrogen) atoms. The van der Waals surface area contributed by atoms with Gasteiger partial charge < -0.3 is 10.4 Å². The van der Waals surface area contributed by atoms with Crippen LogP contribution in [-0.4, -0.2) is 33.0 Å². The number of nitrogens with zero attached hydrogens (tertiary/aromatic N) is 2. The maximum atomic E-state index is 11.4. The summed E-state index contributed by atoms with van der Waals surface area (Å²) >= 11 is 1.41. The summed E-state index contributed by atoms with van der Waals surface area (Å²) in [6.07, 6.45) is 2.23. The highest BCUT2D eigenvalue weighted by Crippen LogP contribution is 2.38. The average molecular weight is 280 g/mol. The molecule has 0 aromatic carbocycles. The standard InChI is InChI=1S/C12H16N4O2S/c1-3-9(13)10(18)14-8-4-7(5-8)12-16-15-11(19-12)6(2)17/h3,6-8,13,17H,1,4-5H2,2H3,(H,14,18)/t6-,7?,8?/m1/s1. The molecule has 102 valence electrons. The van der Waals surface area contributed by atoms with Gasteiger partial charge in [-0.05, 0) is 25.8 Å². The van der Waals surface area contributed by atoms with Gasteiger partial charge in [0, 0.05) is 12.0 Å². The van der Waals surface area contributed by atoms with Gasteiger partial charge in [-0.15, -0.1) is 10.2 Å². The summed E-state index contributed by atoms with van der Waals surface area (Å²) in [5.41, 5.74) is -0.115. The second-order valence-corrected chi connectivity index (χ2v) is 5.65. The van der Waals surface area contributed by atoms with Crippen LogP contribution < -0.4 is 5.32 Å². The number of nitrogens with one attached hydrogen (secondary N) is 2. The molecule has 1 aromatic rings. The second-order valence-electron chi connectivity index (χ2n) is 4.61. The Morgan fingerprint density at radius 1 is 1.63 bits per heavy atom. The summed E-state index contributed by atoms with van der Waals surface area (Å²) < 4.78 is 0. The molecule has 0 unspecified atom stereocenters. The van der Waals surface area contributed by atoms with Crippen molar-refractivity contribution in [2.24, 2.45) is 0 Å². The Bertz CT molecular complexity index is 506. The van der Waals surface area contributed by atoms with Gasteiger partial charge in [0.2, 0.25) is 0 Å². The van der Waals surface area contributed by atoms with Crippen LogP contribution in [-0.2, 0) is 4.79 Å². The third-order valence-corrected chi connectivity index (χ3v) is 4.34. The Kier molecular flexibility index (Phi) is 4.06. The first-order valence-corrected chi connectivity index (χ1v) is 6.86. The number of rotatable bonds is 5. The van der Waals surface area contributed by atoms with Crippen molar-refractivity contribution in [2.75, 3.05) is 0 Å². The topological polar surface area (TPSA) is 99.0 Å². The van der Waals surface area contributed by atoms with Gasteiger partial charge in [-0.3, -0.25) is 10.2 Å². The smallest absolute Gasteiger partial charge is 0.269 e. The van der Waals surface area contributed by atoms with Crippen molar-refractivity contribution >= 4 is 23.0 Å². The molecule has 0 saturated heterocycles. The first-order chi connectivity index (χ1) is 9.01. The molecule has 1 heterocycles. The molecule has 1 fully saturated rings. The van der Waals surface area contributed by atoms with Gasteiger partial charge in [-0.1, -0.05) is 17.9 Å². The lowest BCUT2D eigenvalue weighted by Crippen LogP contribution is -2.45. The predicted molar refractivity (Wildman–Crippen MR) is 72.4 cm³/mol. The molecule has 1 saturated carbocycles. The van der Waals surface area contributed by atoms with Crippen molar-refractivity contribution in [3.05, 3.63) is 22.7 Å². The number of hydrogen-bond acceptors (Lipinski definition) is 6. The number of carbonyl (C=O) groups is 1. The lowest BCUT2D eigenvalue weighted by atomic mass is 9.80. The maximum Gasteiger partial charge on any atom is 0.269 e. The van der Waals surface area contributed by atoms with Crippen molar-refractivity contribution in [2.45, 2.75) is 37.8 Å². The Balaban J connectivity index is 1.84. The van der Waals surface area contributed by atoms with Crippen LogP contribution in [0.4, 0.5) is 0 Å². The van der Waals surface area contributed by atoms with Crippen molar-refractivity contribution in [3.63, 3.8) is 0 Å². The number of aliphatic hydroxyl groups excluding tert-OH is 1. The SMILES string of the molecule is C=CC(=N)C(=O)NC1CC(c2nnc([C@@H](C)O)s2)C1. The molecule has 3 N–H and O–H groups in total. The van der Waals surface area contributed by atoms with Gasteiger partial charge >= 0.3 is 0 Å². The molecule has 1 atom stereocenters. The van der Waals surface area contributed by atoms with Gasteiger partial charge in [0.15, 0.2) is 0 Å². The van der Waals surface area contributed by atoms with E-state index < -0.39 is 6.10 Å². The van der Waals surface area contributed by atoms with E-state index in [2.05, 4.69) is 22.1 Å². The average Bonchev–Trinajstić information content (AvgIpc) is 2.81. The molecular formula is C12H16N4O2S. The molecule has 7 heteroatoms. The van der Waals surface area contributed by atoms with E-state index in [9.17, 15) is 9.90 Å². The minimum absolute atomic E-state index is 0.0803. The number of carbonyl (C=O) groups excluding carboxylic acids is 1. The summed E-state index contributed by atoms with van der Waals surface area (Å²) in [6.45, 7) is 5.05. The third kappa shape index (κ3) is 3.05. The summed E-state index contributed by atoms with van der Waals surface area (Å²) in [6, 6.07) is 0.0803. The molecule has 0 aliphatic heterocycles. The molecule has 0 spiro atoms. The van der Waals surface area contributed by atoms with Crippen LogP contribution in [0.15, 0.2) is 12.7 Å². The van der Waals surface area contributed by atoms with Crippen LogP contribution in [0, 0.1) is 5.41 Å². The van der Waals surface area contributed by atoms with E-state index in [1.165, 1.54) is 17.4 Å². The van der Waals surface area contributed by atoms with Crippen molar-refractivity contribution in [3.8, 4) is 0 Å². The number of amides is 1. The van der Waals surface area contributed by atoms with Gasteiger partial charge in [-0.2, -0.15) is 0 Å². The molecule has 6 nitrogen and oxygen atoms in total. The fourth-order valence-corrected chi connectivity index (χ4v) is 2.78. The van der Waals surface area contributed by atoms with Gasteiger partial charge in [0.1, 0.15) is 21.8 Å². The molecule has 1 aliphatic carbocycles. The highest BCUT2D eigenvalue weighted by atomic mass is 32.1. The van der Waals surface area contributed by atoms with Gasteiger partial charge in [0.05, 0.1) is 0 Å². The largest absolute Gasteiger partial charge is 0.386 e. The van der Waals surface area contributed by atoms with Crippen LogP contribution in [0.5, 0.6) is 0 Å². The van der Waals surface area contributed by atoms with Crippen molar-refractivity contribution < 1.29 is 9.90 Å². The van der Waals surface area contributed by atoms with Crippen molar-refractivity contribution in [1.82, 2.24) is 15.5 Å². The minimum Gasteiger partial charge on any atom is -0.386 e. The monoisotopic (exact) mass is 280 g/mol.